The number of hydrogen-bond donors (Lipinski definition) is 1. The summed E-state index contributed by atoms with van der Waals surface area (Å²) in [5.41, 5.74) is 3.20. The lowest BCUT2D eigenvalue weighted by atomic mass is 10.2. The van der Waals surface area contributed by atoms with Gasteiger partial charge in [-0.3, -0.25) is 15.0 Å². The minimum atomic E-state index is -0.420. The number of aromatic nitrogens is 2. The summed E-state index contributed by atoms with van der Waals surface area (Å²) in [5, 5.41) is 0.439. The van der Waals surface area contributed by atoms with Gasteiger partial charge in [0.15, 0.2) is 0 Å². The van der Waals surface area contributed by atoms with E-state index in [9.17, 15) is 9.59 Å². The summed E-state index contributed by atoms with van der Waals surface area (Å²) >= 11 is 0. The Balaban J connectivity index is 1.49. The van der Waals surface area contributed by atoms with Gasteiger partial charge in [0.2, 0.25) is 0 Å². The number of benzene rings is 2. The Bertz CT molecular complexity index is 1020. The third kappa shape index (κ3) is 3.83. The van der Waals surface area contributed by atoms with Gasteiger partial charge in [0.05, 0.1) is 17.0 Å². The first-order valence-corrected chi connectivity index (χ1v) is 8.83. The fourth-order valence-electron chi connectivity index (χ4n) is 3.01. The number of fused-ring (bicyclic) bond motifs is 1. The van der Waals surface area contributed by atoms with Gasteiger partial charge in [0.1, 0.15) is 18.7 Å². The lowest BCUT2D eigenvalue weighted by Crippen LogP contribution is -2.33. The maximum absolute atomic E-state index is 12.5. The number of para-hydroxylation sites is 1. The average molecular weight is 365 g/mol. The molecule has 1 atom stereocenters. The van der Waals surface area contributed by atoms with Gasteiger partial charge in [-0.05, 0) is 43.2 Å². The van der Waals surface area contributed by atoms with E-state index in [4.69, 9.17) is 9.47 Å². The number of nitrogens with one attached hydrogen (secondary N) is 1. The molecule has 27 heavy (non-hydrogen) atoms. The molecule has 0 aliphatic carbocycles. The summed E-state index contributed by atoms with van der Waals surface area (Å²) in [6, 6.07) is 13.8. The van der Waals surface area contributed by atoms with E-state index < -0.39 is 5.91 Å². The number of nitrogens with zero attached hydrogens (tertiary/aromatic N) is 2. The maximum Gasteiger partial charge on any atom is 0.280 e. The van der Waals surface area contributed by atoms with Crippen LogP contribution in [-0.2, 0) is 4.74 Å². The third-order valence-corrected chi connectivity index (χ3v) is 4.44. The van der Waals surface area contributed by atoms with Crippen LogP contribution in [0.2, 0.25) is 0 Å². The molecule has 0 radical (unpaired) electrons. The van der Waals surface area contributed by atoms with Crippen molar-refractivity contribution >= 4 is 16.8 Å². The smallest absolute Gasteiger partial charge is 0.280 e. The second kappa shape index (κ2) is 7.59. The van der Waals surface area contributed by atoms with Gasteiger partial charge in [-0.1, -0.05) is 18.2 Å². The number of hydrogen-bond acceptors (Lipinski definition) is 5. The summed E-state index contributed by atoms with van der Waals surface area (Å²) in [6.45, 7) is 1.23. The molecular formula is C20H19N3O4. The van der Waals surface area contributed by atoms with E-state index in [1.165, 1.54) is 6.33 Å². The van der Waals surface area contributed by atoms with Crippen molar-refractivity contribution in [3.05, 3.63) is 70.8 Å². The van der Waals surface area contributed by atoms with Crippen LogP contribution in [-0.4, -0.2) is 34.9 Å². The van der Waals surface area contributed by atoms with Crippen molar-refractivity contribution in [2.24, 2.45) is 0 Å². The highest BCUT2D eigenvalue weighted by molar-refractivity contribution is 6.00. The van der Waals surface area contributed by atoms with Gasteiger partial charge >= 0.3 is 0 Å². The highest BCUT2D eigenvalue weighted by Crippen LogP contribution is 2.17. The second-order valence-corrected chi connectivity index (χ2v) is 6.35. The van der Waals surface area contributed by atoms with Crippen molar-refractivity contribution < 1.29 is 14.3 Å². The van der Waals surface area contributed by atoms with Gasteiger partial charge in [-0.2, -0.15) is 0 Å². The Labute approximate surface area is 155 Å². The van der Waals surface area contributed by atoms with Gasteiger partial charge < -0.3 is 9.47 Å². The zero-order chi connectivity index (χ0) is 18.6. The first-order chi connectivity index (χ1) is 13.2. The second-order valence-electron chi connectivity index (χ2n) is 6.35. The van der Waals surface area contributed by atoms with E-state index in [1.807, 2.05) is 0 Å². The van der Waals surface area contributed by atoms with Crippen LogP contribution in [0.1, 0.15) is 23.2 Å². The van der Waals surface area contributed by atoms with Crippen molar-refractivity contribution in [2.75, 3.05) is 18.6 Å². The predicted molar refractivity (Wildman–Crippen MR) is 101 cm³/mol. The Morgan fingerprint density at radius 3 is 3.00 bits per heavy atom. The molecule has 7 heteroatoms. The molecule has 1 fully saturated rings. The molecule has 1 aliphatic heterocycles. The fourth-order valence-corrected chi connectivity index (χ4v) is 3.01. The molecule has 2 heterocycles. The van der Waals surface area contributed by atoms with E-state index in [0.717, 1.165) is 24.1 Å². The van der Waals surface area contributed by atoms with E-state index in [0.29, 0.717) is 28.8 Å². The Morgan fingerprint density at radius 1 is 1.26 bits per heavy atom. The quantitative estimate of drug-likeness (QED) is 0.750. The van der Waals surface area contributed by atoms with E-state index >= 15 is 0 Å². The first kappa shape index (κ1) is 17.2. The molecule has 4 rings (SSSR count). The summed E-state index contributed by atoms with van der Waals surface area (Å²) < 4.78 is 12.3. The highest BCUT2D eigenvalue weighted by atomic mass is 16.5. The van der Waals surface area contributed by atoms with Crippen LogP contribution in [0.5, 0.6) is 5.75 Å². The van der Waals surface area contributed by atoms with Crippen LogP contribution in [0, 0.1) is 0 Å². The van der Waals surface area contributed by atoms with Crippen LogP contribution in [0.25, 0.3) is 10.9 Å². The lowest BCUT2D eigenvalue weighted by molar-refractivity contribution is 0.0679. The molecule has 1 amide bonds. The summed E-state index contributed by atoms with van der Waals surface area (Å²) in [5.74, 6) is 0.166. The molecule has 1 aliphatic rings. The number of carbonyl (C=O) groups is 1. The van der Waals surface area contributed by atoms with Crippen LogP contribution < -0.4 is 15.7 Å². The molecule has 138 valence electrons. The van der Waals surface area contributed by atoms with Crippen molar-refractivity contribution in [1.29, 1.82) is 0 Å². The number of ether oxygens (including phenoxy) is 2. The van der Waals surface area contributed by atoms with Gasteiger partial charge in [0, 0.05) is 12.2 Å². The average Bonchev–Trinajstić information content (AvgIpc) is 3.22. The van der Waals surface area contributed by atoms with Gasteiger partial charge in [0.25, 0.3) is 11.5 Å². The van der Waals surface area contributed by atoms with E-state index in [2.05, 4.69) is 10.4 Å². The third-order valence-electron chi connectivity index (χ3n) is 4.44. The Hall–Kier alpha value is -3.19. The predicted octanol–water partition coefficient (Wildman–Crippen LogP) is 2.34. The van der Waals surface area contributed by atoms with Crippen LogP contribution in [0.15, 0.2) is 59.7 Å². The summed E-state index contributed by atoms with van der Waals surface area (Å²) in [4.78, 5) is 29.2. The van der Waals surface area contributed by atoms with Gasteiger partial charge in [-0.15, -0.1) is 0 Å². The largest absolute Gasteiger partial charge is 0.491 e. The van der Waals surface area contributed by atoms with Crippen LogP contribution in [0.3, 0.4) is 0 Å². The summed E-state index contributed by atoms with van der Waals surface area (Å²) in [6.07, 6.45) is 3.44. The van der Waals surface area contributed by atoms with E-state index in [-0.39, 0.29) is 11.7 Å². The lowest BCUT2D eigenvalue weighted by Gasteiger charge is -2.12. The molecule has 0 bridgehead atoms. The van der Waals surface area contributed by atoms with Crippen LogP contribution in [0.4, 0.5) is 0 Å². The van der Waals surface area contributed by atoms with Crippen LogP contribution >= 0.6 is 0 Å². The van der Waals surface area contributed by atoms with Crippen molar-refractivity contribution in [3.63, 3.8) is 0 Å². The van der Waals surface area contributed by atoms with E-state index in [1.54, 1.807) is 48.5 Å². The SMILES string of the molecule is O=C(Nn1cnc2ccccc2c1=O)c1cccc(OC[C@@H]2CCCO2)c1. The molecular weight excluding hydrogens is 346 g/mol. The number of rotatable bonds is 5. The van der Waals surface area contributed by atoms with Crippen molar-refractivity contribution in [3.8, 4) is 5.75 Å². The molecule has 2 aromatic carbocycles. The molecule has 0 spiro atoms. The van der Waals surface area contributed by atoms with Crippen molar-refractivity contribution in [2.45, 2.75) is 18.9 Å². The molecule has 0 unspecified atom stereocenters. The molecule has 1 aromatic heterocycles. The van der Waals surface area contributed by atoms with Crippen molar-refractivity contribution in [1.82, 2.24) is 9.66 Å². The molecule has 0 saturated carbocycles. The molecule has 1 saturated heterocycles. The zero-order valence-corrected chi connectivity index (χ0v) is 14.6. The first-order valence-electron chi connectivity index (χ1n) is 8.83. The Morgan fingerprint density at radius 2 is 2.15 bits per heavy atom. The molecule has 7 nitrogen and oxygen atoms in total. The number of carbonyl (C=O) groups excluding carboxylic acids is 1. The Kier molecular flexibility index (Phi) is 4.84. The van der Waals surface area contributed by atoms with Gasteiger partial charge in [-0.25, -0.2) is 9.66 Å². The molecule has 3 aromatic rings. The minimum Gasteiger partial charge on any atom is -0.491 e. The maximum atomic E-state index is 12.5. The minimum absolute atomic E-state index is 0.102. The zero-order valence-electron chi connectivity index (χ0n) is 14.6. The highest BCUT2D eigenvalue weighted by Gasteiger charge is 2.16. The molecule has 1 N–H and O–H groups in total. The topological polar surface area (TPSA) is 82.5 Å². The number of amides is 1. The fraction of sp³-hybridized carbons (Fsp3) is 0.250. The normalized spacial score (nSPS) is 16.4. The standard InChI is InChI=1S/C20H19N3O4/c24-19(22-23-13-21-18-9-2-1-8-17(18)20(23)25)14-5-3-6-15(11-14)27-12-16-7-4-10-26-16/h1-3,5-6,8-9,11,13,16H,4,7,10,12H2,(H,22,24)/t16-/m0/s1. The monoisotopic (exact) mass is 365 g/mol. The summed E-state index contributed by atoms with van der Waals surface area (Å²) in [7, 11) is 0.